The minimum Gasteiger partial charge on any atom is -0.495 e. The first-order valence-electron chi connectivity index (χ1n) is 9.72. The SMILES string of the molecule is COc1ccc(S(=O)(=O)N2CCCCCC2)cc1NC(=O)Cc1c(C)noc1C. The minimum absolute atomic E-state index is 0.0768. The lowest BCUT2D eigenvalue weighted by Crippen LogP contribution is -2.32. The van der Waals surface area contributed by atoms with Gasteiger partial charge in [-0.2, -0.15) is 4.31 Å². The molecule has 0 spiro atoms. The van der Waals surface area contributed by atoms with E-state index in [-0.39, 0.29) is 17.2 Å². The number of rotatable bonds is 6. The summed E-state index contributed by atoms with van der Waals surface area (Å²) in [5, 5.41) is 6.62. The Morgan fingerprint density at radius 2 is 1.90 bits per heavy atom. The Morgan fingerprint density at radius 1 is 1.21 bits per heavy atom. The van der Waals surface area contributed by atoms with E-state index in [1.165, 1.54) is 23.5 Å². The van der Waals surface area contributed by atoms with Crippen LogP contribution in [0.5, 0.6) is 5.75 Å². The largest absolute Gasteiger partial charge is 0.495 e. The Bertz CT molecular complexity index is 956. The van der Waals surface area contributed by atoms with Crippen LogP contribution >= 0.6 is 0 Å². The Kier molecular flexibility index (Phi) is 6.59. The van der Waals surface area contributed by atoms with Crippen molar-refractivity contribution in [1.29, 1.82) is 0 Å². The number of methoxy groups -OCH3 is 1. The Morgan fingerprint density at radius 3 is 2.48 bits per heavy atom. The second-order valence-corrected chi connectivity index (χ2v) is 9.15. The van der Waals surface area contributed by atoms with Gasteiger partial charge in [-0.1, -0.05) is 18.0 Å². The number of aromatic nitrogens is 1. The number of ether oxygens (including phenoxy) is 1. The number of sulfonamides is 1. The minimum atomic E-state index is -3.63. The summed E-state index contributed by atoms with van der Waals surface area (Å²) in [7, 11) is -2.16. The zero-order chi connectivity index (χ0) is 21.0. The molecule has 1 aromatic carbocycles. The van der Waals surface area contributed by atoms with Crippen molar-refractivity contribution < 1.29 is 22.5 Å². The fraction of sp³-hybridized carbons (Fsp3) is 0.500. The Balaban J connectivity index is 1.84. The van der Waals surface area contributed by atoms with Crippen LogP contribution in [0.2, 0.25) is 0 Å². The van der Waals surface area contributed by atoms with Crippen LogP contribution in [0.3, 0.4) is 0 Å². The van der Waals surface area contributed by atoms with E-state index < -0.39 is 10.0 Å². The average molecular weight is 422 g/mol. The first-order valence-corrected chi connectivity index (χ1v) is 11.2. The highest BCUT2D eigenvalue weighted by atomic mass is 32.2. The van der Waals surface area contributed by atoms with E-state index in [9.17, 15) is 13.2 Å². The van der Waals surface area contributed by atoms with E-state index in [1.807, 2.05) is 0 Å². The zero-order valence-electron chi connectivity index (χ0n) is 17.0. The van der Waals surface area contributed by atoms with Gasteiger partial charge in [0, 0.05) is 18.7 Å². The monoisotopic (exact) mass is 421 g/mol. The molecule has 0 radical (unpaired) electrons. The lowest BCUT2D eigenvalue weighted by Gasteiger charge is -2.21. The highest BCUT2D eigenvalue weighted by Gasteiger charge is 2.26. The summed E-state index contributed by atoms with van der Waals surface area (Å²) in [6.45, 7) is 4.55. The third-order valence-electron chi connectivity index (χ3n) is 5.17. The van der Waals surface area contributed by atoms with Crippen LogP contribution in [0, 0.1) is 13.8 Å². The molecule has 3 rings (SSSR count). The molecule has 0 bridgehead atoms. The first kappa shape index (κ1) is 21.3. The molecule has 1 aromatic heterocycles. The maximum atomic E-state index is 13.1. The maximum absolute atomic E-state index is 13.1. The first-order chi connectivity index (χ1) is 13.8. The zero-order valence-corrected chi connectivity index (χ0v) is 17.8. The summed E-state index contributed by atoms with van der Waals surface area (Å²) in [6.07, 6.45) is 3.87. The molecule has 8 nitrogen and oxygen atoms in total. The van der Waals surface area contributed by atoms with E-state index in [4.69, 9.17) is 9.26 Å². The number of carbonyl (C=O) groups excluding carboxylic acids is 1. The van der Waals surface area contributed by atoms with Gasteiger partial charge in [-0.3, -0.25) is 4.79 Å². The van der Waals surface area contributed by atoms with Crippen LogP contribution in [-0.4, -0.2) is 44.0 Å². The van der Waals surface area contributed by atoms with Crippen LogP contribution in [0.4, 0.5) is 5.69 Å². The molecule has 1 aliphatic rings. The highest BCUT2D eigenvalue weighted by molar-refractivity contribution is 7.89. The number of amides is 1. The number of nitrogens with zero attached hydrogens (tertiary/aromatic N) is 2. The lowest BCUT2D eigenvalue weighted by molar-refractivity contribution is -0.115. The molecule has 1 fully saturated rings. The molecule has 9 heteroatoms. The van der Waals surface area contributed by atoms with Gasteiger partial charge in [0.05, 0.1) is 29.8 Å². The number of benzene rings is 1. The van der Waals surface area contributed by atoms with E-state index in [2.05, 4.69) is 10.5 Å². The van der Waals surface area contributed by atoms with Crippen LogP contribution in [0.1, 0.15) is 42.7 Å². The fourth-order valence-electron chi connectivity index (χ4n) is 3.49. The van der Waals surface area contributed by atoms with Crippen molar-refractivity contribution in [2.45, 2.75) is 50.8 Å². The number of aryl methyl sites for hydroxylation is 2. The van der Waals surface area contributed by atoms with Gasteiger partial charge in [0.1, 0.15) is 11.5 Å². The van der Waals surface area contributed by atoms with Crippen LogP contribution in [-0.2, 0) is 21.2 Å². The molecular formula is C20H27N3O5S. The standard InChI is InChI=1S/C20H27N3O5S/c1-14-17(15(2)28-22-14)13-20(24)21-18-12-16(8-9-19(18)27-3)29(25,26)23-10-6-4-5-7-11-23/h8-9,12H,4-7,10-11,13H2,1-3H3,(H,21,24). The lowest BCUT2D eigenvalue weighted by atomic mass is 10.1. The molecule has 2 aromatic rings. The molecule has 1 saturated heterocycles. The van der Waals surface area contributed by atoms with Gasteiger partial charge >= 0.3 is 0 Å². The molecule has 1 N–H and O–H groups in total. The molecule has 2 heterocycles. The van der Waals surface area contributed by atoms with Crippen molar-refractivity contribution in [1.82, 2.24) is 9.46 Å². The quantitative estimate of drug-likeness (QED) is 0.769. The molecular weight excluding hydrogens is 394 g/mol. The number of hydrogen-bond donors (Lipinski definition) is 1. The molecule has 1 aliphatic heterocycles. The summed E-state index contributed by atoms with van der Waals surface area (Å²) in [4.78, 5) is 12.7. The van der Waals surface area contributed by atoms with Gasteiger partial charge in [-0.15, -0.1) is 0 Å². The van der Waals surface area contributed by atoms with E-state index >= 15 is 0 Å². The molecule has 0 unspecified atom stereocenters. The van der Waals surface area contributed by atoms with Crippen LogP contribution < -0.4 is 10.1 Å². The third-order valence-corrected chi connectivity index (χ3v) is 7.06. The highest BCUT2D eigenvalue weighted by Crippen LogP contribution is 2.30. The van der Waals surface area contributed by atoms with Crippen LogP contribution in [0.15, 0.2) is 27.6 Å². The van der Waals surface area contributed by atoms with E-state index in [0.29, 0.717) is 36.0 Å². The van der Waals surface area contributed by atoms with Crippen molar-refractivity contribution in [3.8, 4) is 5.75 Å². The van der Waals surface area contributed by atoms with E-state index in [0.717, 1.165) is 31.2 Å². The number of anilines is 1. The van der Waals surface area contributed by atoms with Gasteiger partial charge in [-0.25, -0.2) is 8.42 Å². The third kappa shape index (κ3) is 4.79. The van der Waals surface area contributed by atoms with Gasteiger partial charge in [0.2, 0.25) is 15.9 Å². The number of nitrogens with one attached hydrogen (secondary N) is 1. The summed E-state index contributed by atoms with van der Waals surface area (Å²) in [5.74, 6) is 0.677. The van der Waals surface area contributed by atoms with Crippen molar-refractivity contribution in [2.75, 3.05) is 25.5 Å². The summed E-state index contributed by atoms with van der Waals surface area (Å²) < 4.78 is 38.1. The molecule has 158 valence electrons. The van der Waals surface area contributed by atoms with Crippen LogP contribution in [0.25, 0.3) is 0 Å². The van der Waals surface area contributed by atoms with Crippen molar-refractivity contribution in [3.05, 3.63) is 35.2 Å². The predicted octanol–water partition coefficient (Wildman–Crippen LogP) is 3.05. The predicted molar refractivity (Wildman–Crippen MR) is 109 cm³/mol. The smallest absolute Gasteiger partial charge is 0.243 e. The molecule has 0 atom stereocenters. The second kappa shape index (κ2) is 8.96. The second-order valence-electron chi connectivity index (χ2n) is 7.21. The van der Waals surface area contributed by atoms with Crippen molar-refractivity contribution in [2.24, 2.45) is 0 Å². The maximum Gasteiger partial charge on any atom is 0.243 e. The molecule has 0 aliphatic carbocycles. The number of hydrogen-bond acceptors (Lipinski definition) is 6. The van der Waals surface area contributed by atoms with Gasteiger partial charge < -0.3 is 14.6 Å². The molecule has 29 heavy (non-hydrogen) atoms. The van der Waals surface area contributed by atoms with E-state index in [1.54, 1.807) is 19.9 Å². The Hall–Kier alpha value is -2.39. The average Bonchev–Trinajstić information content (AvgIpc) is 2.91. The summed E-state index contributed by atoms with van der Waals surface area (Å²) in [6, 6.07) is 4.55. The summed E-state index contributed by atoms with van der Waals surface area (Å²) >= 11 is 0. The molecule has 0 saturated carbocycles. The normalized spacial score (nSPS) is 15.7. The summed E-state index contributed by atoms with van der Waals surface area (Å²) in [5.41, 5.74) is 1.69. The van der Waals surface area contributed by atoms with Gasteiger partial charge in [-0.05, 0) is 44.9 Å². The van der Waals surface area contributed by atoms with Crippen molar-refractivity contribution in [3.63, 3.8) is 0 Å². The fourth-order valence-corrected chi connectivity index (χ4v) is 5.03. The molecule has 1 amide bonds. The topological polar surface area (TPSA) is 102 Å². The number of carbonyl (C=O) groups is 1. The van der Waals surface area contributed by atoms with Gasteiger partial charge in [0.15, 0.2) is 0 Å². The van der Waals surface area contributed by atoms with Gasteiger partial charge in [0.25, 0.3) is 0 Å². The Labute approximate surface area is 171 Å². The van der Waals surface area contributed by atoms with Crippen molar-refractivity contribution >= 4 is 21.6 Å².